The van der Waals surface area contributed by atoms with E-state index in [9.17, 15) is 4.57 Å². The Morgan fingerprint density at radius 2 is 2.42 bits per heavy atom. The van der Waals surface area contributed by atoms with Crippen molar-refractivity contribution in [1.29, 1.82) is 0 Å². The molecule has 0 bridgehead atoms. The fourth-order valence-corrected chi connectivity index (χ4v) is 1.05. The Morgan fingerprint density at radius 3 is 2.92 bits per heavy atom. The molecule has 1 rings (SSSR count). The van der Waals surface area contributed by atoms with E-state index in [0.717, 1.165) is 0 Å². The Morgan fingerprint density at radius 1 is 1.67 bits per heavy atom. The van der Waals surface area contributed by atoms with Crippen LogP contribution in [0.3, 0.4) is 0 Å². The lowest BCUT2D eigenvalue weighted by Gasteiger charge is -2.04. The zero-order chi connectivity index (χ0) is 9.03. The first-order chi connectivity index (χ1) is 5.58. The maximum Gasteiger partial charge on any atom is 0.469 e. The lowest BCUT2D eigenvalue weighted by molar-refractivity contribution is 0.202. The van der Waals surface area contributed by atoms with Crippen LogP contribution >= 0.6 is 7.82 Å². The molecule has 7 nitrogen and oxygen atoms in total. The van der Waals surface area contributed by atoms with Crippen molar-refractivity contribution in [2.75, 3.05) is 13.3 Å². The number of aliphatic imine (C=N–C) groups is 1. The SMILES string of the molecule is O=P(O)(O)OCCC1=NCNN1. The third kappa shape index (κ3) is 3.80. The summed E-state index contributed by atoms with van der Waals surface area (Å²) in [7, 11) is -4.33. The van der Waals surface area contributed by atoms with Crippen LogP contribution in [-0.4, -0.2) is 28.9 Å². The Balaban J connectivity index is 2.14. The molecule has 0 saturated heterocycles. The summed E-state index contributed by atoms with van der Waals surface area (Å²) in [6.45, 7) is 0.434. The highest BCUT2D eigenvalue weighted by atomic mass is 31.2. The van der Waals surface area contributed by atoms with Gasteiger partial charge in [-0.1, -0.05) is 0 Å². The van der Waals surface area contributed by atoms with E-state index in [0.29, 0.717) is 18.9 Å². The number of nitrogens with one attached hydrogen (secondary N) is 2. The van der Waals surface area contributed by atoms with Gasteiger partial charge in [-0.3, -0.25) is 9.52 Å². The number of phosphoric ester groups is 1. The molecule has 0 atom stereocenters. The highest BCUT2D eigenvalue weighted by Crippen LogP contribution is 2.35. The molecule has 0 fully saturated rings. The van der Waals surface area contributed by atoms with Crippen molar-refractivity contribution in [3.05, 3.63) is 0 Å². The summed E-state index contributed by atoms with van der Waals surface area (Å²) in [5, 5.41) is 0. The van der Waals surface area contributed by atoms with E-state index in [2.05, 4.69) is 20.4 Å². The Hall–Kier alpha value is -0.460. The second-order valence-electron chi connectivity index (χ2n) is 2.14. The molecular formula is C4H10N3O4P. The van der Waals surface area contributed by atoms with Crippen LogP contribution < -0.4 is 10.9 Å². The standard InChI is InChI=1S/C4H10N3O4P/c8-12(9,10)11-2-1-4-5-3-6-7-4/h6H,1-3H2,(H,5,7)(H2,8,9,10). The average Bonchev–Trinajstić information content (AvgIpc) is 2.36. The predicted octanol–water partition coefficient (Wildman–Crippen LogP) is -1.05. The van der Waals surface area contributed by atoms with Gasteiger partial charge in [0.05, 0.1) is 6.61 Å². The van der Waals surface area contributed by atoms with E-state index in [1.165, 1.54) is 0 Å². The number of hydrogen-bond donors (Lipinski definition) is 4. The van der Waals surface area contributed by atoms with Crippen LogP contribution in [-0.2, 0) is 9.09 Å². The molecule has 70 valence electrons. The van der Waals surface area contributed by atoms with Crippen molar-refractivity contribution in [2.45, 2.75) is 6.42 Å². The van der Waals surface area contributed by atoms with E-state index in [4.69, 9.17) is 9.79 Å². The minimum atomic E-state index is -4.33. The molecule has 1 aliphatic heterocycles. The molecule has 0 saturated carbocycles. The van der Waals surface area contributed by atoms with Crippen molar-refractivity contribution >= 4 is 13.7 Å². The van der Waals surface area contributed by atoms with Gasteiger partial charge in [-0.25, -0.2) is 9.99 Å². The van der Waals surface area contributed by atoms with Gasteiger partial charge in [-0.15, -0.1) is 0 Å². The normalized spacial score (nSPS) is 17.3. The molecule has 0 amide bonds. The number of nitrogens with zero attached hydrogens (tertiary/aromatic N) is 1. The van der Waals surface area contributed by atoms with Crippen molar-refractivity contribution in [3.8, 4) is 0 Å². The number of hydrogen-bond acceptors (Lipinski definition) is 5. The van der Waals surface area contributed by atoms with Crippen molar-refractivity contribution < 1.29 is 18.9 Å². The van der Waals surface area contributed by atoms with Gasteiger partial charge in [0.25, 0.3) is 0 Å². The van der Waals surface area contributed by atoms with Gasteiger partial charge in [0, 0.05) is 6.42 Å². The first-order valence-corrected chi connectivity index (χ1v) is 4.83. The molecule has 0 aliphatic carbocycles. The lowest BCUT2D eigenvalue weighted by Crippen LogP contribution is -2.30. The Kier molecular flexibility index (Phi) is 3.19. The van der Waals surface area contributed by atoms with Crippen LogP contribution in [0.15, 0.2) is 4.99 Å². The fraction of sp³-hybridized carbons (Fsp3) is 0.750. The van der Waals surface area contributed by atoms with Gasteiger partial charge >= 0.3 is 7.82 Å². The Labute approximate surface area is 69.0 Å². The number of rotatable bonds is 4. The molecular weight excluding hydrogens is 185 g/mol. The van der Waals surface area contributed by atoms with E-state index < -0.39 is 7.82 Å². The summed E-state index contributed by atoms with van der Waals surface area (Å²) in [6.07, 6.45) is 0.359. The molecule has 1 heterocycles. The van der Waals surface area contributed by atoms with Crippen LogP contribution in [0.25, 0.3) is 0 Å². The molecule has 0 radical (unpaired) electrons. The first-order valence-electron chi connectivity index (χ1n) is 3.30. The van der Waals surface area contributed by atoms with E-state index in [-0.39, 0.29) is 6.61 Å². The third-order valence-corrected chi connectivity index (χ3v) is 1.70. The number of amidine groups is 1. The zero-order valence-corrected chi connectivity index (χ0v) is 7.12. The smallest absolute Gasteiger partial charge is 0.308 e. The topological polar surface area (TPSA) is 103 Å². The first kappa shape index (κ1) is 9.63. The minimum absolute atomic E-state index is 0.0439. The summed E-state index contributed by atoms with van der Waals surface area (Å²) in [6, 6.07) is 0. The van der Waals surface area contributed by atoms with Crippen LogP contribution in [0.1, 0.15) is 6.42 Å². The molecule has 8 heteroatoms. The van der Waals surface area contributed by atoms with Gasteiger partial charge in [0.15, 0.2) is 0 Å². The molecule has 0 aromatic heterocycles. The molecule has 1 aliphatic rings. The van der Waals surface area contributed by atoms with Crippen LogP contribution in [0, 0.1) is 0 Å². The molecule has 4 N–H and O–H groups in total. The van der Waals surface area contributed by atoms with Gasteiger partial charge in [0.2, 0.25) is 0 Å². The average molecular weight is 195 g/mol. The number of phosphoric acid groups is 1. The maximum absolute atomic E-state index is 10.2. The highest BCUT2D eigenvalue weighted by molar-refractivity contribution is 7.46. The zero-order valence-electron chi connectivity index (χ0n) is 6.23. The largest absolute Gasteiger partial charge is 0.469 e. The second kappa shape index (κ2) is 3.97. The molecule has 0 unspecified atom stereocenters. The van der Waals surface area contributed by atoms with E-state index in [1.54, 1.807) is 0 Å². The van der Waals surface area contributed by atoms with Crippen molar-refractivity contribution in [1.82, 2.24) is 10.9 Å². The van der Waals surface area contributed by atoms with Crippen LogP contribution in [0.2, 0.25) is 0 Å². The van der Waals surface area contributed by atoms with Crippen molar-refractivity contribution in [2.24, 2.45) is 4.99 Å². The Bertz CT molecular complexity index is 224. The van der Waals surface area contributed by atoms with Crippen molar-refractivity contribution in [3.63, 3.8) is 0 Å². The predicted molar refractivity (Wildman–Crippen MR) is 41.2 cm³/mol. The highest BCUT2D eigenvalue weighted by Gasteiger charge is 2.14. The van der Waals surface area contributed by atoms with E-state index >= 15 is 0 Å². The molecule has 12 heavy (non-hydrogen) atoms. The number of hydrazine groups is 1. The minimum Gasteiger partial charge on any atom is -0.308 e. The van der Waals surface area contributed by atoms with Gasteiger partial charge < -0.3 is 15.2 Å². The molecule has 0 spiro atoms. The fourth-order valence-electron chi connectivity index (χ4n) is 0.719. The summed E-state index contributed by atoms with van der Waals surface area (Å²) in [5.41, 5.74) is 5.43. The lowest BCUT2D eigenvalue weighted by atomic mass is 10.4. The van der Waals surface area contributed by atoms with Crippen LogP contribution in [0.4, 0.5) is 0 Å². The summed E-state index contributed by atoms with van der Waals surface area (Å²) in [5.74, 6) is 0.642. The second-order valence-corrected chi connectivity index (χ2v) is 3.38. The summed E-state index contributed by atoms with van der Waals surface area (Å²) in [4.78, 5) is 20.5. The van der Waals surface area contributed by atoms with E-state index in [1.807, 2.05) is 0 Å². The molecule has 0 aromatic rings. The quantitative estimate of drug-likeness (QED) is 0.427. The molecule has 0 aromatic carbocycles. The van der Waals surface area contributed by atoms with Gasteiger partial charge in [0.1, 0.15) is 12.5 Å². The maximum atomic E-state index is 10.2. The monoisotopic (exact) mass is 195 g/mol. The van der Waals surface area contributed by atoms with Gasteiger partial charge in [-0.05, 0) is 0 Å². The van der Waals surface area contributed by atoms with Crippen LogP contribution in [0.5, 0.6) is 0 Å². The van der Waals surface area contributed by atoms with Gasteiger partial charge in [-0.2, -0.15) is 0 Å². The summed E-state index contributed by atoms with van der Waals surface area (Å²) >= 11 is 0. The third-order valence-electron chi connectivity index (χ3n) is 1.18. The summed E-state index contributed by atoms with van der Waals surface area (Å²) < 4.78 is 14.4.